The van der Waals surface area contributed by atoms with E-state index in [1.165, 1.54) is 18.2 Å². The molecule has 0 aliphatic rings. The van der Waals surface area contributed by atoms with Crippen molar-refractivity contribution in [2.45, 2.75) is 12.8 Å². The van der Waals surface area contributed by atoms with Crippen molar-refractivity contribution in [2.75, 3.05) is 6.54 Å². The summed E-state index contributed by atoms with van der Waals surface area (Å²) >= 11 is 6.00. The van der Waals surface area contributed by atoms with Crippen molar-refractivity contribution >= 4 is 23.6 Å². The van der Waals surface area contributed by atoms with Crippen molar-refractivity contribution in [3.05, 3.63) is 76.6 Å². The van der Waals surface area contributed by atoms with E-state index in [1.807, 2.05) is 18.2 Å². The minimum atomic E-state index is -0.234. The summed E-state index contributed by atoms with van der Waals surface area (Å²) in [7, 11) is 0. The van der Waals surface area contributed by atoms with E-state index in [4.69, 9.17) is 11.6 Å². The molecule has 0 saturated carbocycles. The summed E-state index contributed by atoms with van der Waals surface area (Å²) in [6, 6.07) is 13.7. The van der Waals surface area contributed by atoms with Gasteiger partial charge in [0.2, 0.25) is 5.91 Å². The molecule has 0 heterocycles. The lowest BCUT2D eigenvalue weighted by molar-refractivity contribution is -0.116. The molecular weight excluding hydrogens is 301 g/mol. The highest BCUT2D eigenvalue weighted by Crippen LogP contribution is 2.15. The fraction of sp³-hybridized carbons (Fsp3) is 0.167. The molecule has 4 heteroatoms. The van der Waals surface area contributed by atoms with Crippen LogP contribution in [0, 0.1) is 5.82 Å². The highest BCUT2D eigenvalue weighted by molar-refractivity contribution is 6.32. The van der Waals surface area contributed by atoms with Crippen molar-refractivity contribution in [3.8, 4) is 0 Å². The molecule has 0 aliphatic heterocycles. The van der Waals surface area contributed by atoms with Crippen LogP contribution in [0.1, 0.15) is 17.5 Å². The summed E-state index contributed by atoms with van der Waals surface area (Å²) in [5.41, 5.74) is 1.87. The Hall–Kier alpha value is -2.13. The molecule has 2 nitrogen and oxygen atoms in total. The van der Waals surface area contributed by atoms with Gasteiger partial charge in [-0.1, -0.05) is 41.9 Å². The Morgan fingerprint density at radius 2 is 1.86 bits per heavy atom. The lowest BCUT2D eigenvalue weighted by atomic mass is 10.1. The first-order valence-corrected chi connectivity index (χ1v) is 7.48. The predicted octanol–water partition coefficient (Wildman–Crippen LogP) is 4.24. The van der Waals surface area contributed by atoms with E-state index in [9.17, 15) is 9.18 Å². The fourth-order valence-electron chi connectivity index (χ4n) is 1.99. The SMILES string of the molecule is O=C(/C=C/c1ccccc1Cl)NCCCc1ccc(F)cc1. The molecule has 22 heavy (non-hydrogen) atoms. The molecule has 2 rings (SSSR count). The summed E-state index contributed by atoms with van der Waals surface area (Å²) in [5.74, 6) is -0.388. The Balaban J connectivity index is 1.72. The number of hydrogen-bond donors (Lipinski definition) is 1. The highest BCUT2D eigenvalue weighted by Gasteiger charge is 1.98. The van der Waals surface area contributed by atoms with Crippen LogP contribution in [0.3, 0.4) is 0 Å². The molecule has 0 spiro atoms. The molecule has 114 valence electrons. The zero-order valence-electron chi connectivity index (χ0n) is 12.1. The van der Waals surface area contributed by atoms with Gasteiger partial charge in [-0.3, -0.25) is 4.79 Å². The van der Waals surface area contributed by atoms with Gasteiger partial charge in [0.15, 0.2) is 0 Å². The molecule has 1 amide bonds. The topological polar surface area (TPSA) is 29.1 Å². The molecule has 0 aromatic heterocycles. The Bertz CT molecular complexity index is 652. The number of carbonyl (C=O) groups excluding carboxylic acids is 1. The maximum absolute atomic E-state index is 12.8. The van der Waals surface area contributed by atoms with Gasteiger partial charge in [-0.15, -0.1) is 0 Å². The van der Waals surface area contributed by atoms with Crippen LogP contribution in [0.5, 0.6) is 0 Å². The Kier molecular flexibility index (Phi) is 6.16. The number of nitrogens with one attached hydrogen (secondary N) is 1. The molecule has 2 aromatic rings. The molecule has 1 N–H and O–H groups in total. The summed E-state index contributed by atoms with van der Waals surface area (Å²) in [4.78, 5) is 11.7. The Labute approximate surface area is 134 Å². The van der Waals surface area contributed by atoms with E-state index < -0.39 is 0 Å². The molecule has 0 bridgehead atoms. The van der Waals surface area contributed by atoms with Crippen molar-refractivity contribution in [1.29, 1.82) is 0 Å². The van der Waals surface area contributed by atoms with Crippen molar-refractivity contribution < 1.29 is 9.18 Å². The summed E-state index contributed by atoms with van der Waals surface area (Å²) in [6.45, 7) is 0.572. The van der Waals surface area contributed by atoms with Gasteiger partial charge in [0.05, 0.1) is 0 Å². The monoisotopic (exact) mass is 317 g/mol. The number of rotatable bonds is 6. The van der Waals surface area contributed by atoms with Crippen LogP contribution in [0.4, 0.5) is 4.39 Å². The van der Waals surface area contributed by atoms with Crippen molar-refractivity contribution in [3.63, 3.8) is 0 Å². The molecule has 0 radical (unpaired) electrons. The summed E-state index contributed by atoms with van der Waals surface area (Å²) in [5, 5.41) is 3.42. The smallest absolute Gasteiger partial charge is 0.244 e. The van der Waals surface area contributed by atoms with Crippen molar-refractivity contribution in [2.24, 2.45) is 0 Å². The molecule has 0 unspecified atom stereocenters. The van der Waals surface area contributed by atoms with Gasteiger partial charge in [-0.25, -0.2) is 4.39 Å². The van der Waals surface area contributed by atoms with Gasteiger partial charge in [0, 0.05) is 17.6 Å². The largest absolute Gasteiger partial charge is 0.353 e. The average molecular weight is 318 g/mol. The van der Waals surface area contributed by atoms with Gasteiger partial charge in [-0.05, 0) is 48.2 Å². The minimum absolute atomic E-state index is 0.154. The first-order chi connectivity index (χ1) is 10.6. The second kappa shape index (κ2) is 8.35. The normalized spacial score (nSPS) is 10.8. The van der Waals surface area contributed by atoms with E-state index in [-0.39, 0.29) is 11.7 Å². The average Bonchev–Trinajstić information content (AvgIpc) is 2.52. The van der Waals surface area contributed by atoms with Gasteiger partial charge in [0.25, 0.3) is 0 Å². The van der Waals surface area contributed by atoms with Crippen LogP contribution in [0.25, 0.3) is 6.08 Å². The number of halogens is 2. The van der Waals surface area contributed by atoms with Crippen molar-refractivity contribution in [1.82, 2.24) is 5.32 Å². The molecular formula is C18H17ClFNO. The van der Waals surface area contributed by atoms with E-state index in [0.29, 0.717) is 11.6 Å². The van der Waals surface area contributed by atoms with Gasteiger partial charge in [-0.2, -0.15) is 0 Å². The van der Waals surface area contributed by atoms with E-state index >= 15 is 0 Å². The van der Waals surface area contributed by atoms with Crippen LogP contribution < -0.4 is 5.32 Å². The van der Waals surface area contributed by atoms with E-state index in [2.05, 4.69) is 5.32 Å². The molecule has 0 fully saturated rings. The fourth-order valence-corrected chi connectivity index (χ4v) is 2.19. The highest BCUT2D eigenvalue weighted by atomic mass is 35.5. The summed E-state index contributed by atoms with van der Waals surface area (Å²) in [6.07, 6.45) is 4.77. The van der Waals surface area contributed by atoms with E-state index in [0.717, 1.165) is 24.0 Å². The van der Waals surface area contributed by atoms with Crippen LogP contribution in [0.15, 0.2) is 54.6 Å². The van der Waals surface area contributed by atoms with Crippen LogP contribution >= 0.6 is 11.6 Å². The molecule has 2 aromatic carbocycles. The van der Waals surface area contributed by atoms with Crippen LogP contribution in [0.2, 0.25) is 5.02 Å². The maximum atomic E-state index is 12.8. The standard InChI is InChI=1S/C18H17ClFNO/c19-17-6-2-1-5-15(17)9-12-18(22)21-13-3-4-14-7-10-16(20)11-8-14/h1-2,5-12H,3-4,13H2,(H,21,22)/b12-9+. The number of aryl methyl sites for hydroxylation is 1. The first kappa shape index (κ1) is 16.2. The van der Waals surface area contributed by atoms with Gasteiger partial charge < -0.3 is 5.32 Å². The Morgan fingerprint density at radius 3 is 2.59 bits per heavy atom. The third-order valence-electron chi connectivity index (χ3n) is 3.17. The third kappa shape index (κ3) is 5.34. The van der Waals surface area contributed by atoms with Gasteiger partial charge >= 0.3 is 0 Å². The number of carbonyl (C=O) groups is 1. The molecule has 0 atom stereocenters. The summed E-state index contributed by atoms with van der Waals surface area (Å²) < 4.78 is 12.8. The minimum Gasteiger partial charge on any atom is -0.353 e. The first-order valence-electron chi connectivity index (χ1n) is 7.10. The second-order valence-electron chi connectivity index (χ2n) is 4.88. The number of amides is 1. The number of hydrogen-bond acceptors (Lipinski definition) is 1. The van der Waals surface area contributed by atoms with E-state index in [1.54, 1.807) is 24.3 Å². The second-order valence-corrected chi connectivity index (χ2v) is 5.28. The van der Waals surface area contributed by atoms with Crippen LogP contribution in [-0.2, 0) is 11.2 Å². The Morgan fingerprint density at radius 1 is 1.14 bits per heavy atom. The van der Waals surface area contributed by atoms with Gasteiger partial charge in [0.1, 0.15) is 5.82 Å². The molecule has 0 saturated heterocycles. The quantitative estimate of drug-likeness (QED) is 0.626. The molecule has 0 aliphatic carbocycles. The van der Waals surface area contributed by atoms with Crippen LogP contribution in [-0.4, -0.2) is 12.5 Å². The maximum Gasteiger partial charge on any atom is 0.244 e. The zero-order chi connectivity index (χ0) is 15.8. The number of benzene rings is 2. The lowest BCUT2D eigenvalue weighted by Gasteiger charge is -2.03. The predicted molar refractivity (Wildman–Crippen MR) is 88.2 cm³/mol. The third-order valence-corrected chi connectivity index (χ3v) is 3.52. The lowest BCUT2D eigenvalue weighted by Crippen LogP contribution is -2.22. The zero-order valence-corrected chi connectivity index (χ0v) is 12.8.